The van der Waals surface area contributed by atoms with Crippen LogP contribution in [0.4, 0.5) is 0 Å². The normalized spacial score (nSPS) is 33.2. The molecule has 2 heteroatoms. The number of hydrogen-bond acceptors (Lipinski definition) is 2. The maximum atomic E-state index is 8.74. The van der Waals surface area contributed by atoms with Crippen LogP contribution in [-0.4, -0.2) is 10.9 Å². The van der Waals surface area contributed by atoms with Gasteiger partial charge in [0.25, 0.3) is 0 Å². The molecule has 2 aliphatic rings. The molecule has 25 heavy (non-hydrogen) atoms. The molecule has 142 valence electrons. The second-order valence-corrected chi connectivity index (χ2v) is 9.61. The average Bonchev–Trinajstić information content (AvgIpc) is 2.53. The fraction of sp³-hybridized carbons (Fsp3) is 0.783. The van der Waals surface area contributed by atoms with E-state index in [1.807, 2.05) is 6.92 Å². The van der Waals surface area contributed by atoms with E-state index in [0.29, 0.717) is 16.7 Å². The van der Waals surface area contributed by atoms with Crippen LogP contribution in [0.1, 0.15) is 92.4 Å². The highest BCUT2D eigenvalue weighted by atomic mass is 16.4. The molecule has 0 unspecified atom stereocenters. The van der Waals surface area contributed by atoms with Crippen molar-refractivity contribution in [3.05, 3.63) is 23.8 Å². The Morgan fingerprint density at radius 2 is 1.96 bits per heavy atom. The Balaban J connectivity index is 2.02. The first-order valence-corrected chi connectivity index (χ1v) is 10.2. The molecule has 0 aromatic rings. The topological polar surface area (TPSA) is 32.6 Å². The van der Waals surface area contributed by atoms with E-state index in [1.165, 1.54) is 56.1 Å². The maximum absolute atomic E-state index is 8.74. The van der Waals surface area contributed by atoms with Crippen molar-refractivity contribution in [2.45, 2.75) is 92.4 Å². The van der Waals surface area contributed by atoms with Crippen LogP contribution >= 0.6 is 0 Å². The van der Waals surface area contributed by atoms with Crippen LogP contribution in [0, 0.1) is 22.7 Å². The van der Waals surface area contributed by atoms with E-state index in [2.05, 4.69) is 45.5 Å². The molecule has 2 fully saturated rings. The average molecular weight is 346 g/mol. The van der Waals surface area contributed by atoms with Crippen LogP contribution in [0.15, 0.2) is 29.0 Å². The van der Waals surface area contributed by atoms with Gasteiger partial charge in [-0.15, -0.1) is 0 Å². The summed E-state index contributed by atoms with van der Waals surface area (Å²) in [5.41, 5.74) is 4.71. The lowest BCUT2D eigenvalue weighted by molar-refractivity contribution is -0.0539. The largest absolute Gasteiger partial charge is 0.411 e. The highest BCUT2D eigenvalue weighted by Crippen LogP contribution is 2.61. The van der Waals surface area contributed by atoms with Crippen LogP contribution in [0.3, 0.4) is 0 Å². The van der Waals surface area contributed by atoms with E-state index in [9.17, 15) is 0 Å². The third kappa shape index (κ3) is 4.57. The minimum absolute atomic E-state index is 0.442. The number of hydrogen-bond donors (Lipinski definition) is 1. The standard InChI is InChI=1S/C23H39NO/c1-17(9-7-10-19(3)24-25)11-13-20-18(2)12-14-21-22(4,5)15-8-16-23(20,21)6/h9,20-21,25H,2,7-8,10-16H2,1,3-6H3/b17-9-,24-19-/t20-,21-,23+/m0/s1. The predicted octanol–water partition coefficient (Wildman–Crippen LogP) is 7.14. The summed E-state index contributed by atoms with van der Waals surface area (Å²) in [5, 5.41) is 12.0. The first-order chi connectivity index (χ1) is 11.7. The van der Waals surface area contributed by atoms with Crippen molar-refractivity contribution in [3.8, 4) is 0 Å². The summed E-state index contributed by atoms with van der Waals surface area (Å²) in [6.07, 6.45) is 13.3. The van der Waals surface area contributed by atoms with E-state index in [-0.39, 0.29) is 0 Å². The molecule has 2 saturated carbocycles. The van der Waals surface area contributed by atoms with Crippen LogP contribution in [-0.2, 0) is 0 Å². The number of fused-ring (bicyclic) bond motifs is 1. The van der Waals surface area contributed by atoms with Gasteiger partial charge in [-0.3, -0.25) is 0 Å². The summed E-state index contributed by atoms with van der Waals surface area (Å²) in [4.78, 5) is 0. The van der Waals surface area contributed by atoms with Gasteiger partial charge in [-0.2, -0.15) is 0 Å². The lowest BCUT2D eigenvalue weighted by atomic mass is 9.47. The van der Waals surface area contributed by atoms with Gasteiger partial charge >= 0.3 is 0 Å². The minimum Gasteiger partial charge on any atom is -0.411 e. The summed E-state index contributed by atoms with van der Waals surface area (Å²) in [6, 6.07) is 0. The Bertz CT molecular complexity index is 542. The number of allylic oxidation sites excluding steroid dienone is 3. The van der Waals surface area contributed by atoms with Gasteiger partial charge in [0.15, 0.2) is 0 Å². The van der Waals surface area contributed by atoms with Gasteiger partial charge in [-0.1, -0.05) is 56.1 Å². The zero-order chi connectivity index (χ0) is 18.7. The molecule has 0 spiro atoms. The molecule has 3 atom stereocenters. The van der Waals surface area contributed by atoms with E-state index >= 15 is 0 Å². The molecule has 0 radical (unpaired) electrons. The van der Waals surface area contributed by atoms with Crippen molar-refractivity contribution < 1.29 is 5.21 Å². The highest BCUT2D eigenvalue weighted by molar-refractivity contribution is 5.81. The summed E-state index contributed by atoms with van der Waals surface area (Å²) in [7, 11) is 0. The van der Waals surface area contributed by atoms with E-state index in [1.54, 1.807) is 0 Å². The molecule has 0 bridgehead atoms. The number of nitrogens with zero attached hydrogens (tertiary/aromatic N) is 1. The van der Waals surface area contributed by atoms with Crippen LogP contribution in [0.2, 0.25) is 0 Å². The predicted molar refractivity (Wildman–Crippen MR) is 108 cm³/mol. The smallest absolute Gasteiger partial charge is 0.0543 e. The second kappa shape index (κ2) is 8.10. The van der Waals surface area contributed by atoms with Gasteiger partial charge in [0.2, 0.25) is 0 Å². The van der Waals surface area contributed by atoms with Gasteiger partial charge in [0.05, 0.1) is 5.71 Å². The fourth-order valence-electron chi connectivity index (χ4n) is 5.86. The summed E-state index contributed by atoms with van der Waals surface area (Å²) >= 11 is 0. The van der Waals surface area contributed by atoms with Crippen molar-refractivity contribution in [1.82, 2.24) is 0 Å². The first kappa shape index (κ1) is 20.3. The van der Waals surface area contributed by atoms with Crippen molar-refractivity contribution in [2.24, 2.45) is 27.8 Å². The molecule has 2 aliphatic carbocycles. The Morgan fingerprint density at radius 1 is 1.24 bits per heavy atom. The van der Waals surface area contributed by atoms with Crippen molar-refractivity contribution in [2.75, 3.05) is 0 Å². The van der Waals surface area contributed by atoms with Crippen molar-refractivity contribution in [1.29, 1.82) is 0 Å². The molecule has 0 aromatic carbocycles. The quantitative estimate of drug-likeness (QED) is 0.236. The summed E-state index contributed by atoms with van der Waals surface area (Å²) in [5.74, 6) is 1.52. The van der Waals surface area contributed by atoms with E-state index in [0.717, 1.165) is 24.5 Å². The van der Waals surface area contributed by atoms with Crippen LogP contribution < -0.4 is 0 Å². The lowest BCUT2D eigenvalue weighted by Gasteiger charge is -2.58. The zero-order valence-electron chi connectivity index (χ0n) is 17.2. The Labute approximate surface area is 155 Å². The Kier molecular flexibility index (Phi) is 6.56. The van der Waals surface area contributed by atoms with Gasteiger partial charge < -0.3 is 5.21 Å². The maximum Gasteiger partial charge on any atom is 0.0543 e. The van der Waals surface area contributed by atoms with Gasteiger partial charge in [-0.05, 0) is 87.9 Å². The van der Waals surface area contributed by atoms with E-state index < -0.39 is 0 Å². The number of rotatable bonds is 6. The van der Waals surface area contributed by atoms with Crippen molar-refractivity contribution in [3.63, 3.8) is 0 Å². The van der Waals surface area contributed by atoms with Gasteiger partial charge in [0.1, 0.15) is 0 Å². The van der Waals surface area contributed by atoms with Crippen LogP contribution in [0.5, 0.6) is 0 Å². The summed E-state index contributed by atoms with van der Waals surface area (Å²) in [6.45, 7) is 16.2. The van der Waals surface area contributed by atoms with Gasteiger partial charge in [0, 0.05) is 0 Å². The fourth-order valence-corrected chi connectivity index (χ4v) is 5.86. The molecular weight excluding hydrogens is 306 g/mol. The lowest BCUT2D eigenvalue weighted by Crippen LogP contribution is -2.49. The Hall–Kier alpha value is -1.05. The van der Waals surface area contributed by atoms with Crippen LogP contribution in [0.25, 0.3) is 0 Å². The zero-order valence-corrected chi connectivity index (χ0v) is 17.2. The molecule has 0 heterocycles. The SMILES string of the molecule is C=C1CC[C@H]2C(C)(C)CCC[C@]2(C)[C@H]1CC/C(C)=C\CC/C(C)=N\O. The second-order valence-electron chi connectivity index (χ2n) is 9.61. The molecule has 0 amide bonds. The molecule has 0 aromatic heterocycles. The highest BCUT2D eigenvalue weighted by Gasteiger charge is 2.52. The van der Waals surface area contributed by atoms with Crippen molar-refractivity contribution >= 4 is 5.71 Å². The Morgan fingerprint density at radius 3 is 2.64 bits per heavy atom. The molecule has 1 N–H and O–H groups in total. The third-order valence-electron chi connectivity index (χ3n) is 7.32. The monoisotopic (exact) mass is 345 g/mol. The third-order valence-corrected chi connectivity index (χ3v) is 7.32. The molecule has 2 nitrogen and oxygen atoms in total. The summed E-state index contributed by atoms with van der Waals surface area (Å²) < 4.78 is 0. The molecule has 2 rings (SSSR count). The van der Waals surface area contributed by atoms with E-state index in [4.69, 9.17) is 5.21 Å². The number of oxime groups is 1. The van der Waals surface area contributed by atoms with Gasteiger partial charge in [-0.25, -0.2) is 0 Å². The molecule has 0 aliphatic heterocycles. The first-order valence-electron chi connectivity index (χ1n) is 10.2. The molecule has 0 saturated heterocycles. The minimum atomic E-state index is 0.442. The molecular formula is C23H39NO.